The van der Waals surface area contributed by atoms with Gasteiger partial charge in [-0.2, -0.15) is 5.10 Å². The van der Waals surface area contributed by atoms with Crippen molar-refractivity contribution in [3.8, 4) is 0 Å². The van der Waals surface area contributed by atoms with Gasteiger partial charge in [-0.1, -0.05) is 6.92 Å². The first-order valence-electron chi connectivity index (χ1n) is 3.81. The molecule has 1 aromatic rings. The average molecular weight is 204 g/mol. The zero-order valence-corrected chi connectivity index (χ0v) is 8.08. The first-order valence-corrected chi connectivity index (χ1v) is 5.35. The molecular weight excluding hydrogens is 192 g/mol. The number of nitrogens with two attached hydrogens (primary N) is 2. The van der Waals surface area contributed by atoms with E-state index in [1.165, 1.54) is 10.9 Å². The lowest BCUT2D eigenvalue weighted by Gasteiger charge is -1.93. The summed E-state index contributed by atoms with van der Waals surface area (Å²) in [7, 11) is -3.74. The fourth-order valence-corrected chi connectivity index (χ4v) is 1.58. The third-order valence-electron chi connectivity index (χ3n) is 1.51. The molecule has 7 heteroatoms. The van der Waals surface area contributed by atoms with E-state index in [0.29, 0.717) is 6.54 Å². The van der Waals surface area contributed by atoms with E-state index in [-0.39, 0.29) is 10.7 Å². The summed E-state index contributed by atoms with van der Waals surface area (Å²) in [6, 6.07) is 0. The third-order valence-corrected chi connectivity index (χ3v) is 2.44. The highest BCUT2D eigenvalue weighted by Gasteiger charge is 2.15. The maximum atomic E-state index is 10.9. The van der Waals surface area contributed by atoms with Gasteiger partial charge in [0.05, 0.1) is 0 Å². The van der Waals surface area contributed by atoms with Crippen molar-refractivity contribution in [3.05, 3.63) is 6.20 Å². The molecule has 0 aliphatic carbocycles. The normalized spacial score (nSPS) is 11.8. The minimum Gasteiger partial charge on any atom is -0.381 e. The number of nitrogen functional groups attached to an aromatic ring is 1. The number of hydrogen-bond acceptors (Lipinski definition) is 4. The number of aryl methyl sites for hydroxylation is 1. The highest BCUT2D eigenvalue weighted by molar-refractivity contribution is 7.89. The maximum Gasteiger partial charge on any atom is 0.243 e. The van der Waals surface area contributed by atoms with Crippen LogP contribution >= 0.6 is 0 Å². The van der Waals surface area contributed by atoms with Gasteiger partial charge in [-0.25, -0.2) is 13.6 Å². The molecule has 0 fully saturated rings. The largest absolute Gasteiger partial charge is 0.381 e. The lowest BCUT2D eigenvalue weighted by molar-refractivity contribution is 0.593. The molecule has 0 saturated heterocycles. The van der Waals surface area contributed by atoms with Crippen molar-refractivity contribution in [1.82, 2.24) is 9.78 Å². The molecule has 0 atom stereocenters. The van der Waals surface area contributed by atoms with E-state index in [9.17, 15) is 8.42 Å². The molecule has 1 heterocycles. The first kappa shape index (κ1) is 10.0. The number of primary sulfonamides is 1. The van der Waals surface area contributed by atoms with Gasteiger partial charge in [0.25, 0.3) is 0 Å². The van der Waals surface area contributed by atoms with Crippen LogP contribution in [0.5, 0.6) is 0 Å². The number of nitrogens with zero attached hydrogens (tertiary/aromatic N) is 2. The summed E-state index contributed by atoms with van der Waals surface area (Å²) in [6.07, 6.45) is 2.19. The van der Waals surface area contributed by atoms with Crippen LogP contribution in [-0.4, -0.2) is 18.2 Å². The van der Waals surface area contributed by atoms with Gasteiger partial charge in [0, 0.05) is 12.7 Å². The Bertz CT molecular complexity index is 395. The lowest BCUT2D eigenvalue weighted by Crippen LogP contribution is -2.13. The Kier molecular flexibility index (Phi) is 2.58. The molecule has 0 aliphatic heterocycles. The van der Waals surface area contributed by atoms with Gasteiger partial charge < -0.3 is 5.73 Å². The zero-order chi connectivity index (χ0) is 10.1. The van der Waals surface area contributed by atoms with Gasteiger partial charge in [-0.15, -0.1) is 0 Å². The summed E-state index contributed by atoms with van der Waals surface area (Å²) in [5, 5.41) is 8.71. The molecule has 0 spiro atoms. The molecule has 0 aromatic carbocycles. The summed E-state index contributed by atoms with van der Waals surface area (Å²) in [5.74, 6) is -0.0454. The molecule has 13 heavy (non-hydrogen) atoms. The SMILES string of the molecule is CCCn1cc(S(N)(=O)=O)c(N)n1. The molecule has 4 N–H and O–H groups in total. The van der Waals surface area contributed by atoms with Gasteiger partial charge in [-0.05, 0) is 6.42 Å². The van der Waals surface area contributed by atoms with E-state index >= 15 is 0 Å². The quantitative estimate of drug-likeness (QED) is 0.694. The number of anilines is 1. The number of rotatable bonds is 3. The van der Waals surface area contributed by atoms with Crippen LogP contribution in [0.4, 0.5) is 5.82 Å². The Morgan fingerprint density at radius 3 is 2.62 bits per heavy atom. The third kappa shape index (κ3) is 2.19. The van der Waals surface area contributed by atoms with Crippen LogP contribution in [-0.2, 0) is 16.6 Å². The second-order valence-electron chi connectivity index (χ2n) is 2.69. The monoisotopic (exact) mass is 204 g/mol. The summed E-state index contributed by atoms with van der Waals surface area (Å²) >= 11 is 0. The number of aromatic nitrogens is 2. The molecule has 0 amide bonds. The molecule has 0 radical (unpaired) electrons. The highest BCUT2D eigenvalue weighted by Crippen LogP contribution is 2.13. The highest BCUT2D eigenvalue weighted by atomic mass is 32.2. The van der Waals surface area contributed by atoms with Crippen molar-refractivity contribution in [2.75, 3.05) is 5.73 Å². The minimum atomic E-state index is -3.74. The molecular formula is C6H12N4O2S. The predicted octanol–water partition coefficient (Wildman–Crippen LogP) is -0.477. The van der Waals surface area contributed by atoms with E-state index in [1.807, 2.05) is 6.92 Å². The van der Waals surface area contributed by atoms with Crippen LogP contribution in [0.3, 0.4) is 0 Å². The Labute approximate surface area is 76.6 Å². The van der Waals surface area contributed by atoms with Gasteiger partial charge in [0.2, 0.25) is 10.0 Å². The summed E-state index contributed by atoms with van der Waals surface area (Å²) in [5.41, 5.74) is 5.37. The molecule has 1 aromatic heterocycles. The summed E-state index contributed by atoms with van der Waals surface area (Å²) in [6.45, 7) is 2.58. The standard InChI is InChI=1S/C6H12N4O2S/c1-2-3-10-4-5(6(7)9-10)13(8,11)12/h4H,2-3H2,1H3,(H2,7,9)(H2,8,11,12). The van der Waals surface area contributed by atoms with E-state index in [0.717, 1.165) is 6.42 Å². The predicted molar refractivity (Wildman–Crippen MR) is 48.3 cm³/mol. The second kappa shape index (κ2) is 3.35. The lowest BCUT2D eigenvalue weighted by atomic mass is 10.5. The maximum absolute atomic E-state index is 10.9. The van der Waals surface area contributed by atoms with Crippen molar-refractivity contribution in [3.63, 3.8) is 0 Å². The van der Waals surface area contributed by atoms with E-state index in [2.05, 4.69) is 5.10 Å². The Morgan fingerprint density at radius 1 is 1.62 bits per heavy atom. The number of hydrogen-bond donors (Lipinski definition) is 2. The van der Waals surface area contributed by atoms with Crippen molar-refractivity contribution in [2.24, 2.45) is 5.14 Å². The zero-order valence-electron chi connectivity index (χ0n) is 7.27. The molecule has 74 valence electrons. The van der Waals surface area contributed by atoms with E-state index in [1.54, 1.807) is 0 Å². The number of sulfonamides is 1. The van der Waals surface area contributed by atoms with Crippen molar-refractivity contribution >= 4 is 15.8 Å². The van der Waals surface area contributed by atoms with Crippen LogP contribution in [0.25, 0.3) is 0 Å². The van der Waals surface area contributed by atoms with Gasteiger partial charge in [0.1, 0.15) is 4.90 Å². The fourth-order valence-electron chi connectivity index (χ4n) is 0.981. The molecule has 0 bridgehead atoms. The van der Waals surface area contributed by atoms with Gasteiger partial charge in [-0.3, -0.25) is 4.68 Å². The van der Waals surface area contributed by atoms with Crippen LogP contribution in [0.2, 0.25) is 0 Å². The van der Waals surface area contributed by atoms with Gasteiger partial charge in [0.15, 0.2) is 5.82 Å². The molecule has 0 unspecified atom stereocenters. The van der Waals surface area contributed by atoms with Crippen molar-refractivity contribution in [1.29, 1.82) is 0 Å². The Balaban J connectivity index is 3.11. The molecule has 1 rings (SSSR count). The average Bonchev–Trinajstić information content (AvgIpc) is 2.30. The molecule has 0 aliphatic rings. The second-order valence-corrected chi connectivity index (χ2v) is 4.22. The van der Waals surface area contributed by atoms with Gasteiger partial charge >= 0.3 is 0 Å². The van der Waals surface area contributed by atoms with E-state index < -0.39 is 10.0 Å². The Morgan fingerprint density at radius 2 is 2.23 bits per heavy atom. The molecule has 6 nitrogen and oxygen atoms in total. The first-order chi connectivity index (χ1) is 5.95. The molecule has 0 saturated carbocycles. The van der Waals surface area contributed by atoms with E-state index in [4.69, 9.17) is 10.9 Å². The minimum absolute atomic E-state index is 0.0454. The van der Waals surface area contributed by atoms with Crippen LogP contribution in [0.15, 0.2) is 11.1 Å². The topological polar surface area (TPSA) is 104 Å². The summed E-state index contributed by atoms with van der Waals surface area (Å²) < 4.78 is 23.3. The fraction of sp³-hybridized carbons (Fsp3) is 0.500. The Hall–Kier alpha value is -1.08. The summed E-state index contributed by atoms with van der Waals surface area (Å²) in [4.78, 5) is -0.110. The van der Waals surface area contributed by atoms with Crippen LogP contribution in [0, 0.1) is 0 Å². The van der Waals surface area contributed by atoms with Crippen LogP contribution < -0.4 is 10.9 Å². The van der Waals surface area contributed by atoms with Crippen LogP contribution in [0.1, 0.15) is 13.3 Å². The van der Waals surface area contributed by atoms with Crippen molar-refractivity contribution in [2.45, 2.75) is 24.8 Å². The smallest absolute Gasteiger partial charge is 0.243 e. The van der Waals surface area contributed by atoms with Crippen molar-refractivity contribution < 1.29 is 8.42 Å².